The molecular formula is C40H54Br2N2P2. The van der Waals surface area contributed by atoms with E-state index in [2.05, 4.69) is 198 Å². The number of nitrogens with one attached hydrogen (secondary N) is 2. The number of aryl methyl sites for hydroxylation is 4. The molecule has 0 aliphatic rings. The van der Waals surface area contributed by atoms with E-state index in [4.69, 9.17) is 0 Å². The van der Waals surface area contributed by atoms with E-state index in [-0.39, 0.29) is 15.8 Å². The molecule has 0 saturated heterocycles. The summed E-state index contributed by atoms with van der Waals surface area (Å²) in [6.45, 7) is 27.6. The summed E-state index contributed by atoms with van der Waals surface area (Å²) in [5.41, 5.74) is 12.6. The van der Waals surface area contributed by atoms with Crippen LogP contribution in [0.1, 0.15) is 77.6 Å². The summed E-state index contributed by atoms with van der Waals surface area (Å²) in [7, 11) is -0.440. The fourth-order valence-corrected chi connectivity index (χ4v) is 13.3. The lowest BCUT2D eigenvalue weighted by atomic mass is 10.2. The third-order valence-electron chi connectivity index (χ3n) is 7.88. The van der Waals surface area contributed by atoms with Crippen LogP contribution < -0.4 is 21.2 Å². The quantitative estimate of drug-likeness (QED) is 0.157. The SMILES string of the molecule is Cc1ccc(Nc2ccc(C)cc2Br)c(Br)c1.Cc1ccc(Nc2ccc(C)cc2P(C(C)C)C(C)C)c(P(C(C)C)C(C)C)c1. The molecular weight excluding hydrogens is 730 g/mol. The van der Waals surface area contributed by atoms with Crippen molar-refractivity contribution in [2.45, 2.75) is 106 Å². The molecule has 0 radical (unpaired) electrons. The van der Waals surface area contributed by atoms with E-state index in [0.717, 1.165) is 20.3 Å². The second-order valence-corrected chi connectivity index (χ2v) is 21.9. The Kier molecular flexibility index (Phi) is 14.8. The smallest absolute Gasteiger partial charge is 0.0529 e. The highest BCUT2D eigenvalue weighted by atomic mass is 79.9. The van der Waals surface area contributed by atoms with Gasteiger partial charge in [0, 0.05) is 30.9 Å². The van der Waals surface area contributed by atoms with Crippen molar-refractivity contribution in [1.29, 1.82) is 0 Å². The van der Waals surface area contributed by atoms with Gasteiger partial charge in [-0.1, -0.05) is 107 Å². The lowest BCUT2D eigenvalue weighted by molar-refractivity contribution is 1.02. The number of halogens is 2. The monoisotopic (exact) mass is 782 g/mol. The van der Waals surface area contributed by atoms with Crippen molar-refractivity contribution < 1.29 is 0 Å². The fourth-order valence-electron chi connectivity index (χ4n) is 5.96. The highest BCUT2D eigenvalue weighted by Crippen LogP contribution is 2.49. The molecule has 0 aromatic heterocycles. The molecule has 0 spiro atoms. The van der Waals surface area contributed by atoms with Crippen molar-refractivity contribution >= 4 is 81.1 Å². The topological polar surface area (TPSA) is 24.1 Å². The molecule has 0 aliphatic heterocycles. The number of anilines is 4. The highest BCUT2D eigenvalue weighted by Gasteiger charge is 2.25. The Morgan fingerprint density at radius 2 is 0.674 bits per heavy atom. The Labute approximate surface area is 299 Å². The third-order valence-corrected chi connectivity index (χ3v) is 15.5. The van der Waals surface area contributed by atoms with Crippen LogP contribution in [0.15, 0.2) is 81.7 Å². The lowest BCUT2D eigenvalue weighted by Gasteiger charge is -2.31. The van der Waals surface area contributed by atoms with Gasteiger partial charge in [-0.15, -0.1) is 0 Å². The van der Waals surface area contributed by atoms with Crippen LogP contribution in [-0.2, 0) is 0 Å². The van der Waals surface area contributed by atoms with Gasteiger partial charge in [-0.05, 0) is 142 Å². The van der Waals surface area contributed by atoms with Gasteiger partial charge in [0.25, 0.3) is 0 Å². The molecule has 0 aliphatic carbocycles. The van der Waals surface area contributed by atoms with Crippen LogP contribution in [0.25, 0.3) is 0 Å². The minimum atomic E-state index is -0.220. The predicted molar refractivity (Wildman–Crippen MR) is 220 cm³/mol. The second-order valence-electron chi connectivity index (χ2n) is 13.4. The van der Waals surface area contributed by atoms with Crippen molar-refractivity contribution in [3.8, 4) is 0 Å². The highest BCUT2D eigenvalue weighted by molar-refractivity contribution is 9.11. The van der Waals surface area contributed by atoms with Crippen LogP contribution in [0, 0.1) is 27.7 Å². The molecule has 248 valence electrons. The first-order valence-electron chi connectivity index (χ1n) is 16.4. The van der Waals surface area contributed by atoms with Crippen molar-refractivity contribution in [3.05, 3.63) is 104 Å². The summed E-state index contributed by atoms with van der Waals surface area (Å²) in [6.07, 6.45) is 0. The van der Waals surface area contributed by atoms with E-state index in [0.29, 0.717) is 22.6 Å². The van der Waals surface area contributed by atoms with E-state index in [9.17, 15) is 0 Å². The van der Waals surface area contributed by atoms with Gasteiger partial charge >= 0.3 is 0 Å². The van der Waals surface area contributed by atoms with Crippen LogP contribution in [-0.4, -0.2) is 22.6 Å². The third kappa shape index (κ3) is 10.7. The first-order valence-corrected chi connectivity index (χ1v) is 21.0. The number of rotatable bonds is 10. The van der Waals surface area contributed by atoms with E-state index < -0.39 is 0 Å². The molecule has 2 N–H and O–H groups in total. The number of benzene rings is 4. The number of hydrogen-bond donors (Lipinski definition) is 2. The van der Waals surface area contributed by atoms with E-state index in [1.54, 1.807) is 0 Å². The zero-order chi connectivity index (χ0) is 34.3. The molecule has 0 fully saturated rings. The molecule has 0 unspecified atom stereocenters. The maximum Gasteiger partial charge on any atom is 0.0529 e. The van der Waals surface area contributed by atoms with Gasteiger partial charge < -0.3 is 10.6 Å². The summed E-state index contributed by atoms with van der Waals surface area (Å²) in [5.74, 6) is 0. The molecule has 4 aromatic rings. The molecule has 0 bridgehead atoms. The van der Waals surface area contributed by atoms with Crippen molar-refractivity contribution in [2.75, 3.05) is 10.6 Å². The molecule has 0 amide bonds. The molecule has 0 atom stereocenters. The van der Waals surface area contributed by atoms with Crippen LogP contribution in [0.5, 0.6) is 0 Å². The van der Waals surface area contributed by atoms with Gasteiger partial charge in [0.1, 0.15) is 0 Å². The molecule has 4 rings (SSSR count). The first-order chi connectivity index (χ1) is 21.6. The average molecular weight is 785 g/mol. The Morgan fingerprint density at radius 3 is 0.957 bits per heavy atom. The van der Waals surface area contributed by atoms with Crippen LogP contribution in [0.2, 0.25) is 0 Å². The average Bonchev–Trinajstić information content (AvgIpc) is 2.94. The lowest BCUT2D eigenvalue weighted by Crippen LogP contribution is -2.22. The zero-order valence-corrected chi connectivity index (χ0v) is 34.8. The maximum absolute atomic E-state index is 3.91. The molecule has 46 heavy (non-hydrogen) atoms. The minimum absolute atomic E-state index is 0.220. The van der Waals surface area contributed by atoms with Crippen molar-refractivity contribution in [2.24, 2.45) is 0 Å². The summed E-state index contributed by atoms with van der Waals surface area (Å²) < 4.78 is 2.15. The van der Waals surface area contributed by atoms with E-state index in [1.807, 2.05) is 0 Å². The Bertz CT molecular complexity index is 1460. The molecule has 2 nitrogen and oxygen atoms in total. The minimum Gasteiger partial charge on any atom is -0.354 e. The van der Waals surface area contributed by atoms with Crippen LogP contribution >= 0.6 is 47.7 Å². The summed E-state index contributed by atoms with van der Waals surface area (Å²) >= 11 is 7.13. The summed E-state index contributed by atoms with van der Waals surface area (Å²) in [4.78, 5) is 0. The fraction of sp³-hybridized carbons (Fsp3) is 0.400. The Morgan fingerprint density at radius 1 is 0.413 bits per heavy atom. The van der Waals surface area contributed by atoms with Gasteiger partial charge in [0.15, 0.2) is 0 Å². The molecule has 6 heteroatoms. The van der Waals surface area contributed by atoms with Gasteiger partial charge in [-0.2, -0.15) is 0 Å². The van der Waals surface area contributed by atoms with Crippen molar-refractivity contribution in [3.63, 3.8) is 0 Å². The second kappa shape index (κ2) is 17.6. The zero-order valence-electron chi connectivity index (χ0n) is 29.9. The normalized spacial score (nSPS) is 11.6. The standard InChI is InChI=1S/C26H41NP2.C14H13Br2N/c1-17(2)28(18(3)4)25-15-21(9)11-13-23(25)27-24-14-12-22(10)16-26(24)29(19(5)6)20(7)8;1-9-3-5-13(11(15)7-9)17-14-6-4-10(2)8-12(14)16/h11-20,27H,1-10H3;3-8,17H,1-2H3. The largest absolute Gasteiger partial charge is 0.354 e. The van der Waals surface area contributed by atoms with Crippen molar-refractivity contribution in [1.82, 2.24) is 0 Å². The van der Waals surface area contributed by atoms with Gasteiger partial charge in [-0.3, -0.25) is 0 Å². The first kappa shape index (κ1) is 38.7. The van der Waals surface area contributed by atoms with E-state index >= 15 is 0 Å². The van der Waals surface area contributed by atoms with Crippen LogP contribution in [0.4, 0.5) is 22.7 Å². The maximum atomic E-state index is 3.91. The Hall–Kier alpha value is -1.70. The summed E-state index contributed by atoms with van der Waals surface area (Å²) in [5, 5.41) is 10.4. The van der Waals surface area contributed by atoms with Gasteiger partial charge in [-0.25, -0.2) is 0 Å². The molecule has 0 saturated carbocycles. The summed E-state index contributed by atoms with van der Waals surface area (Å²) in [6, 6.07) is 26.5. The van der Waals surface area contributed by atoms with Gasteiger partial charge in [0.05, 0.1) is 11.4 Å². The van der Waals surface area contributed by atoms with Gasteiger partial charge in [0.2, 0.25) is 0 Å². The molecule has 0 heterocycles. The van der Waals surface area contributed by atoms with E-state index in [1.165, 1.54) is 44.2 Å². The molecule has 4 aromatic carbocycles. The number of hydrogen-bond acceptors (Lipinski definition) is 2. The predicted octanol–water partition coefficient (Wildman–Crippen LogP) is 13.5. The van der Waals surface area contributed by atoms with Crippen LogP contribution in [0.3, 0.4) is 0 Å². The Balaban J connectivity index is 0.000000286.